The van der Waals surface area contributed by atoms with Crippen LogP contribution in [0.2, 0.25) is 0 Å². The van der Waals surface area contributed by atoms with Crippen molar-refractivity contribution in [3.05, 3.63) is 121 Å². The molecule has 0 saturated heterocycles. The van der Waals surface area contributed by atoms with Gasteiger partial charge < -0.3 is 21.7 Å². The molecule has 0 radical (unpaired) electrons. The third-order valence-corrected chi connectivity index (χ3v) is 10.3. The first-order valence-electron chi connectivity index (χ1n) is 11.2. The van der Waals surface area contributed by atoms with Crippen LogP contribution < -0.4 is 37.6 Å². The van der Waals surface area contributed by atoms with Crippen LogP contribution >= 0.6 is 7.26 Å². The monoisotopic (exact) mass is 521 g/mol. The Balaban J connectivity index is 0.00000306. The number of alkyl halides is 1. The van der Waals surface area contributed by atoms with E-state index < -0.39 is 13.9 Å². The highest BCUT2D eigenvalue weighted by Crippen LogP contribution is 2.56. The summed E-state index contributed by atoms with van der Waals surface area (Å²) in [5, 5.41) is 4.00. The minimum absolute atomic E-state index is 0. The molecular formula is C29H29BrFOP. The van der Waals surface area contributed by atoms with Gasteiger partial charge in [0.1, 0.15) is 42.2 Å². The summed E-state index contributed by atoms with van der Waals surface area (Å²) in [5.74, 6) is 0.736. The molecule has 0 bridgehead atoms. The second-order valence-corrected chi connectivity index (χ2v) is 11.4. The first kappa shape index (κ1) is 25.1. The minimum Gasteiger partial charge on any atom is -1.00 e. The molecule has 0 aliphatic carbocycles. The van der Waals surface area contributed by atoms with Gasteiger partial charge in [-0.15, -0.1) is 0 Å². The van der Waals surface area contributed by atoms with Crippen LogP contribution in [-0.2, 0) is 6.42 Å². The lowest BCUT2D eigenvalue weighted by molar-refractivity contribution is -0.00000708. The Hall–Kier alpha value is -2.48. The molecule has 33 heavy (non-hydrogen) atoms. The van der Waals surface area contributed by atoms with Crippen LogP contribution in [-0.4, -0.2) is 19.4 Å². The van der Waals surface area contributed by atoms with E-state index in [9.17, 15) is 4.39 Å². The summed E-state index contributed by atoms with van der Waals surface area (Å²) in [5.41, 5.74) is 1.37. The summed E-state index contributed by atoms with van der Waals surface area (Å²) < 4.78 is 18.4. The van der Waals surface area contributed by atoms with Crippen LogP contribution in [0.3, 0.4) is 0 Å². The number of ether oxygens (including phenoxy) is 1. The Morgan fingerprint density at radius 1 is 0.636 bits per heavy atom. The predicted octanol–water partition coefficient (Wildman–Crippen LogP) is 2.97. The Bertz CT molecular complexity index is 1050. The topological polar surface area (TPSA) is 9.23 Å². The molecule has 0 atom stereocenters. The third kappa shape index (κ3) is 6.10. The fourth-order valence-electron chi connectivity index (χ4n) is 4.33. The molecule has 0 spiro atoms. The van der Waals surface area contributed by atoms with Gasteiger partial charge in [-0.05, 0) is 54.8 Å². The third-order valence-electron chi connectivity index (χ3n) is 5.80. The van der Waals surface area contributed by atoms with Gasteiger partial charge >= 0.3 is 0 Å². The van der Waals surface area contributed by atoms with Crippen molar-refractivity contribution in [1.82, 2.24) is 0 Å². The average Bonchev–Trinajstić information content (AvgIpc) is 2.87. The normalized spacial score (nSPS) is 10.9. The highest BCUT2D eigenvalue weighted by molar-refractivity contribution is 7.95. The zero-order valence-electron chi connectivity index (χ0n) is 18.6. The maximum absolute atomic E-state index is 12.8. The molecule has 1 nitrogen and oxygen atoms in total. The minimum atomic E-state index is -1.92. The van der Waals surface area contributed by atoms with E-state index in [2.05, 4.69) is 103 Å². The molecule has 4 aromatic rings. The zero-order chi connectivity index (χ0) is 22.1. The van der Waals surface area contributed by atoms with Crippen molar-refractivity contribution in [1.29, 1.82) is 0 Å². The average molecular weight is 522 g/mol. The summed E-state index contributed by atoms with van der Waals surface area (Å²) >= 11 is 0. The van der Waals surface area contributed by atoms with E-state index in [1.807, 2.05) is 12.1 Å². The zero-order valence-corrected chi connectivity index (χ0v) is 21.1. The van der Waals surface area contributed by atoms with Crippen molar-refractivity contribution in [2.45, 2.75) is 12.8 Å². The SMILES string of the molecule is [18F]CCOc1cccc([P+](CCCc2ccccc2)(c2ccccc2)c2ccccc2)c1.[Br-]. The summed E-state index contributed by atoms with van der Waals surface area (Å²) in [6, 6.07) is 40.7. The van der Waals surface area contributed by atoms with Gasteiger partial charge in [0.25, 0.3) is 0 Å². The van der Waals surface area contributed by atoms with Crippen molar-refractivity contribution in [3.8, 4) is 5.75 Å². The maximum atomic E-state index is 12.8. The van der Waals surface area contributed by atoms with Crippen molar-refractivity contribution in [3.63, 3.8) is 0 Å². The first-order chi connectivity index (χ1) is 15.8. The molecule has 0 heterocycles. The lowest BCUT2D eigenvalue weighted by atomic mass is 10.1. The predicted molar refractivity (Wildman–Crippen MR) is 136 cm³/mol. The summed E-state index contributed by atoms with van der Waals surface area (Å²) in [7, 11) is -1.92. The molecule has 0 fully saturated rings. The fourth-order valence-corrected chi connectivity index (χ4v) is 8.68. The van der Waals surface area contributed by atoms with Gasteiger partial charge in [-0.1, -0.05) is 72.8 Å². The van der Waals surface area contributed by atoms with E-state index in [0.717, 1.165) is 24.8 Å². The molecule has 0 amide bonds. The molecule has 0 aromatic heterocycles. The van der Waals surface area contributed by atoms with Gasteiger partial charge in [0.05, 0.1) is 6.16 Å². The molecule has 0 saturated carbocycles. The molecule has 0 N–H and O–H groups in total. The van der Waals surface area contributed by atoms with Crippen LogP contribution in [0.4, 0.5) is 4.39 Å². The smallest absolute Gasteiger partial charge is 0.123 e. The lowest BCUT2D eigenvalue weighted by Gasteiger charge is -2.28. The largest absolute Gasteiger partial charge is 1.00 e. The first-order valence-corrected chi connectivity index (χ1v) is 13.1. The second-order valence-electron chi connectivity index (χ2n) is 7.83. The van der Waals surface area contributed by atoms with Gasteiger partial charge in [-0.3, -0.25) is 0 Å². The fraction of sp³-hybridized carbons (Fsp3) is 0.172. The van der Waals surface area contributed by atoms with Crippen LogP contribution in [0, 0.1) is 0 Å². The Labute approximate surface area is 207 Å². The van der Waals surface area contributed by atoms with Crippen molar-refractivity contribution >= 4 is 23.2 Å². The van der Waals surface area contributed by atoms with Gasteiger partial charge in [-0.2, -0.15) is 0 Å². The van der Waals surface area contributed by atoms with E-state index in [4.69, 9.17) is 4.74 Å². The summed E-state index contributed by atoms with van der Waals surface area (Å²) in [6.07, 6.45) is 3.18. The van der Waals surface area contributed by atoms with Gasteiger partial charge in [0.2, 0.25) is 0 Å². The Kier molecular flexibility index (Phi) is 9.66. The second kappa shape index (κ2) is 12.7. The van der Waals surface area contributed by atoms with E-state index in [0.29, 0.717) is 0 Å². The molecule has 4 aromatic carbocycles. The van der Waals surface area contributed by atoms with E-state index in [1.54, 1.807) is 0 Å². The van der Waals surface area contributed by atoms with E-state index in [-0.39, 0.29) is 23.6 Å². The van der Waals surface area contributed by atoms with E-state index in [1.165, 1.54) is 21.5 Å². The van der Waals surface area contributed by atoms with Crippen molar-refractivity contribution in [2.24, 2.45) is 0 Å². The number of halogens is 2. The van der Waals surface area contributed by atoms with Gasteiger partial charge in [0.15, 0.2) is 0 Å². The van der Waals surface area contributed by atoms with Crippen molar-refractivity contribution in [2.75, 3.05) is 19.4 Å². The van der Waals surface area contributed by atoms with Crippen LogP contribution in [0.5, 0.6) is 5.75 Å². The van der Waals surface area contributed by atoms with Gasteiger partial charge in [-0.25, -0.2) is 4.39 Å². The number of hydrogen-bond acceptors (Lipinski definition) is 1. The maximum Gasteiger partial charge on any atom is 0.123 e. The molecule has 0 unspecified atom stereocenters. The Morgan fingerprint density at radius 3 is 1.76 bits per heavy atom. The molecule has 4 heteroatoms. The number of rotatable bonds is 10. The molecule has 0 aliphatic rings. The highest BCUT2D eigenvalue weighted by Gasteiger charge is 2.44. The van der Waals surface area contributed by atoms with E-state index >= 15 is 0 Å². The Morgan fingerprint density at radius 2 is 1.18 bits per heavy atom. The highest BCUT2D eigenvalue weighted by atomic mass is 79.9. The molecule has 170 valence electrons. The molecular weight excluding hydrogens is 493 g/mol. The lowest BCUT2D eigenvalue weighted by Crippen LogP contribution is -3.00. The standard InChI is InChI=1S/C29H29FOP.BrH/c30-21-22-31-26-15-10-20-29(24-26)32(27-16-6-2-7-17-27,28-18-8-3-9-19-28)23-11-14-25-12-4-1-5-13-25;/h1-10,12-13,15-20,24H,11,14,21-23H2;1H/q+1;/p-1/i30-1;. The van der Waals surface area contributed by atoms with Crippen molar-refractivity contribution < 1.29 is 26.1 Å². The molecule has 0 aliphatic heterocycles. The molecule has 4 rings (SSSR count). The van der Waals surface area contributed by atoms with Gasteiger partial charge in [0, 0.05) is 6.07 Å². The van der Waals surface area contributed by atoms with Crippen LogP contribution in [0.1, 0.15) is 12.0 Å². The number of benzene rings is 4. The number of hydrogen-bond donors (Lipinski definition) is 0. The summed E-state index contributed by atoms with van der Waals surface area (Å²) in [4.78, 5) is 0. The number of aryl methyl sites for hydroxylation is 1. The summed E-state index contributed by atoms with van der Waals surface area (Å²) in [6.45, 7) is -0.404. The van der Waals surface area contributed by atoms with Crippen LogP contribution in [0.15, 0.2) is 115 Å². The van der Waals surface area contributed by atoms with Crippen LogP contribution in [0.25, 0.3) is 0 Å². The quantitative estimate of drug-likeness (QED) is 0.291.